The van der Waals surface area contributed by atoms with E-state index < -0.39 is 0 Å². The highest BCUT2D eigenvalue weighted by atomic mass is 16.5. The minimum absolute atomic E-state index is 0.562. The Hall–Kier alpha value is -0.120. The van der Waals surface area contributed by atoms with Crippen molar-refractivity contribution >= 4 is 0 Å². The average Bonchev–Trinajstić information content (AvgIpc) is 2.88. The predicted molar refractivity (Wildman–Crippen MR) is 69.2 cm³/mol. The van der Waals surface area contributed by atoms with Crippen LogP contribution in [0.5, 0.6) is 0 Å². The van der Waals surface area contributed by atoms with Gasteiger partial charge < -0.3 is 14.8 Å². The lowest BCUT2D eigenvalue weighted by atomic mass is 9.98. The quantitative estimate of drug-likeness (QED) is 0.694. The highest BCUT2D eigenvalue weighted by molar-refractivity contribution is 4.67. The molecule has 0 aromatic carbocycles. The summed E-state index contributed by atoms with van der Waals surface area (Å²) < 4.78 is 11.2. The van der Waals surface area contributed by atoms with Gasteiger partial charge in [0.15, 0.2) is 0 Å². The third-order valence-corrected chi connectivity index (χ3v) is 3.86. The molecular formula is C14H27NO2. The van der Waals surface area contributed by atoms with Crippen molar-refractivity contribution in [1.82, 2.24) is 5.32 Å². The Morgan fingerprint density at radius 3 is 2.76 bits per heavy atom. The van der Waals surface area contributed by atoms with Crippen LogP contribution >= 0.6 is 0 Å². The van der Waals surface area contributed by atoms with Gasteiger partial charge in [0, 0.05) is 19.8 Å². The second-order valence-electron chi connectivity index (χ2n) is 5.42. The highest BCUT2D eigenvalue weighted by Crippen LogP contribution is 2.20. The highest BCUT2D eigenvalue weighted by Gasteiger charge is 2.15. The summed E-state index contributed by atoms with van der Waals surface area (Å²) in [4.78, 5) is 0. The average molecular weight is 241 g/mol. The lowest BCUT2D eigenvalue weighted by molar-refractivity contribution is 0.0272. The Kier molecular flexibility index (Phi) is 6.32. The number of nitrogens with one attached hydrogen (secondary N) is 1. The number of ether oxygens (including phenoxy) is 2. The molecule has 17 heavy (non-hydrogen) atoms. The zero-order valence-electron chi connectivity index (χ0n) is 11.0. The van der Waals surface area contributed by atoms with Gasteiger partial charge in [0.2, 0.25) is 0 Å². The van der Waals surface area contributed by atoms with Crippen LogP contribution in [0.15, 0.2) is 0 Å². The summed E-state index contributed by atoms with van der Waals surface area (Å²) in [6.07, 6.45) is 9.64. The van der Waals surface area contributed by atoms with Crippen LogP contribution in [0, 0.1) is 5.92 Å². The van der Waals surface area contributed by atoms with Crippen molar-refractivity contribution in [3.8, 4) is 0 Å². The third-order valence-electron chi connectivity index (χ3n) is 3.86. The van der Waals surface area contributed by atoms with E-state index in [1.165, 1.54) is 38.5 Å². The normalized spacial score (nSPS) is 26.5. The largest absolute Gasteiger partial charge is 0.381 e. The molecule has 0 aromatic heterocycles. The number of rotatable bonds is 7. The van der Waals surface area contributed by atoms with E-state index in [4.69, 9.17) is 9.47 Å². The SMILES string of the molecule is C1CCC(OCCCNCC2CCOC2)CC1. The monoisotopic (exact) mass is 241 g/mol. The van der Waals surface area contributed by atoms with E-state index in [1.807, 2.05) is 0 Å². The molecule has 1 atom stereocenters. The molecule has 1 aliphatic heterocycles. The van der Waals surface area contributed by atoms with Gasteiger partial charge in [0.25, 0.3) is 0 Å². The topological polar surface area (TPSA) is 30.5 Å². The van der Waals surface area contributed by atoms with E-state index in [1.54, 1.807) is 0 Å². The molecule has 0 amide bonds. The smallest absolute Gasteiger partial charge is 0.0575 e. The van der Waals surface area contributed by atoms with Crippen LogP contribution in [0.4, 0.5) is 0 Å². The molecule has 1 saturated carbocycles. The molecule has 0 spiro atoms. The maximum atomic E-state index is 5.89. The summed E-state index contributed by atoms with van der Waals surface area (Å²) in [5.41, 5.74) is 0. The molecular weight excluding hydrogens is 214 g/mol. The summed E-state index contributed by atoms with van der Waals surface area (Å²) in [5, 5.41) is 3.51. The molecule has 1 heterocycles. The summed E-state index contributed by atoms with van der Waals surface area (Å²) in [5.74, 6) is 0.745. The van der Waals surface area contributed by atoms with Gasteiger partial charge in [0.1, 0.15) is 0 Å². The van der Waals surface area contributed by atoms with Gasteiger partial charge in [-0.25, -0.2) is 0 Å². The zero-order valence-corrected chi connectivity index (χ0v) is 11.0. The van der Waals surface area contributed by atoms with Crippen molar-refractivity contribution in [2.24, 2.45) is 5.92 Å². The maximum Gasteiger partial charge on any atom is 0.0575 e. The Morgan fingerprint density at radius 2 is 2.00 bits per heavy atom. The number of hydrogen-bond donors (Lipinski definition) is 1. The van der Waals surface area contributed by atoms with Crippen LogP contribution in [0.3, 0.4) is 0 Å². The zero-order chi connectivity index (χ0) is 11.8. The van der Waals surface area contributed by atoms with Gasteiger partial charge in [-0.05, 0) is 38.1 Å². The Balaban J connectivity index is 1.38. The molecule has 0 bridgehead atoms. The molecule has 1 N–H and O–H groups in total. The first kappa shape index (κ1) is 13.3. The first-order valence-corrected chi connectivity index (χ1v) is 7.35. The first-order chi connectivity index (χ1) is 8.45. The molecule has 0 aromatic rings. The molecule has 2 aliphatic rings. The summed E-state index contributed by atoms with van der Waals surface area (Å²) in [6.45, 7) is 5.04. The third kappa shape index (κ3) is 5.36. The van der Waals surface area contributed by atoms with Crippen molar-refractivity contribution in [3.05, 3.63) is 0 Å². The van der Waals surface area contributed by atoms with Crippen molar-refractivity contribution in [1.29, 1.82) is 0 Å². The van der Waals surface area contributed by atoms with Gasteiger partial charge in [-0.15, -0.1) is 0 Å². The standard InChI is InChI=1S/C14H27NO2/c1-2-5-14(6-3-1)17-9-4-8-15-11-13-7-10-16-12-13/h13-15H,1-12H2. The lowest BCUT2D eigenvalue weighted by Gasteiger charge is -2.22. The van der Waals surface area contributed by atoms with Crippen LogP contribution in [0.2, 0.25) is 0 Å². The van der Waals surface area contributed by atoms with Crippen LogP contribution in [-0.4, -0.2) is 39.0 Å². The van der Waals surface area contributed by atoms with E-state index in [2.05, 4.69) is 5.32 Å². The summed E-state index contributed by atoms with van der Waals surface area (Å²) in [6, 6.07) is 0. The van der Waals surface area contributed by atoms with Gasteiger partial charge in [0.05, 0.1) is 12.7 Å². The molecule has 2 rings (SSSR count). The Labute approximate surface area is 105 Å². The van der Waals surface area contributed by atoms with E-state index in [0.29, 0.717) is 6.10 Å². The molecule has 3 nitrogen and oxygen atoms in total. The van der Waals surface area contributed by atoms with Crippen molar-refractivity contribution < 1.29 is 9.47 Å². The molecule has 0 radical (unpaired) electrons. The second-order valence-corrected chi connectivity index (χ2v) is 5.42. The molecule has 1 aliphatic carbocycles. The minimum atomic E-state index is 0.562. The summed E-state index contributed by atoms with van der Waals surface area (Å²) in [7, 11) is 0. The lowest BCUT2D eigenvalue weighted by Crippen LogP contribution is -2.25. The van der Waals surface area contributed by atoms with Gasteiger partial charge in [-0.1, -0.05) is 19.3 Å². The van der Waals surface area contributed by atoms with E-state index in [9.17, 15) is 0 Å². The van der Waals surface area contributed by atoms with Gasteiger partial charge in [-0.2, -0.15) is 0 Å². The summed E-state index contributed by atoms with van der Waals surface area (Å²) >= 11 is 0. The molecule has 1 saturated heterocycles. The van der Waals surface area contributed by atoms with Crippen LogP contribution in [0.1, 0.15) is 44.9 Å². The van der Waals surface area contributed by atoms with Crippen LogP contribution < -0.4 is 5.32 Å². The van der Waals surface area contributed by atoms with Crippen LogP contribution in [-0.2, 0) is 9.47 Å². The fourth-order valence-electron chi connectivity index (χ4n) is 2.73. The Bertz CT molecular complexity index is 187. The molecule has 100 valence electrons. The molecule has 2 fully saturated rings. The van der Waals surface area contributed by atoms with Crippen molar-refractivity contribution in [2.75, 3.05) is 32.9 Å². The van der Waals surface area contributed by atoms with Gasteiger partial charge >= 0.3 is 0 Å². The van der Waals surface area contributed by atoms with Crippen molar-refractivity contribution in [2.45, 2.75) is 51.0 Å². The van der Waals surface area contributed by atoms with Crippen molar-refractivity contribution in [3.63, 3.8) is 0 Å². The second kappa shape index (κ2) is 8.06. The number of hydrogen-bond acceptors (Lipinski definition) is 3. The fourth-order valence-corrected chi connectivity index (χ4v) is 2.73. The molecule has 1 unspecified atom stereocenters. The van der Waals surface area contributed by atoms with E-state index in [-0.39, 0.29) is 0 Å². The molecule has 3 heteroatoms. The van der Waals surface area contributed by atoms with Gasteiger partial charge in [-0.3, -0.25) is 0 Å². The van der Waals surface area contributed by atoms with E-state index in [0.717, 1.165) is 45.2 Å². The van der Waals surface area contributed by atoms with Crippen LogP contribution in [0.25, 0.3) is 0 Å². The minimum Gasteiger partial charge on any atom is -0.381 e. The first-order valence-electron chi connectivity index (χ1n) is 7.35. The van der Waals surface area contributed by atoms with E-state index >= 15 is 0 Å². The maximum absolute atomic E-state index is 5.89. The fraction of sp³-hybridized carbons (Fsp3) is 1.00. The predicted octanol–water partition coefficient (Wildman–Crippen LogP) is 2.35. The Morgan fingerprint density at radius 1 is 1.12 bits per heavy atom.